The number of hydrogen-bond acceptors (Lipinski definition) is 4. The van der Waals surface area contributed by atoms with Crippen LogP contribution < -0.4 is 5.32 Å². The minimum Gasteiger partial charge on any atom is -0.321 e. The van der Waals surface area contributed by atoms with Gasteiger partial charge in [0.1, 0.15) is 4.88 Å². The maximum Gasteiger partial charge on any atom is 0.299 e. The van der Waals surface area contributed by atoms with Crippen LogP contribution in [0.5, 0.6) is 0 Å². The molecule has 1 aromatic carbocycles. The lowest BCUT2D eigenvalue weighted by molar-refractivity contribution is -0.384. The summed E-state index contributed by atoms with van der Waals surface area (Å²) in [6, 6.07) is 8.46. The number of para-hydroxylation sites is 1. The number of amides is 1. The van der Waals surface area contributed by atoms with Crippen LogP contribution in [0.1, 0.15) is 15.2 Å². The van der Waals surface area contributed by atoms with E-state index in [9.17, 15) is 14.9 Å². The van der Waals surface area contributed by atoms with Crippen molar-refractivity contribution >= 4 is 40.2 Å². The summed E-state index contributed by atoms with van der Waals surface area (Å²) < 4.78 is -0.0000615. The normalized spacial score (nSPS) is 10.2. The van der Waals surface area contributed by atoms with Gasteiger partial charge in [-0.05, 0) is 18.6 Å². The minimum absolute atomic E-state index is 0.0000615. The fourth-order valence-corrected chi connectivity index (χ4v) is 2.61. The summed E-state index contributed by atoms with van der Waals surface area (Å²) in [6.07, 6.45) is 0. The summed E-state index contributed by atoms with van der Waals surface area (Å²) >= 11 is 6.60. The van der Waals surface area contributed by atoms with E-state index in [2.05, 4.69) is 5.32 Å². The van der Waals surface area contributed by atoms with Crippen LogP contribution in [0.25, 0.3) is 0 Å². The monoisotopic (exact) mass is 296 g/mol. The van der Waals surface area contributed by atoms with Crippen molar-refractivity contribution in [1.82, 2.24) is 0 Å². The zero-order valence-electron chi connectivity index (χ0n) is 9.84. The van der Waals surface area contributed by atoms with Crippen molar-refractivity contribution in [2.45, 2.75) is 6.92 Å². The lowest BCUT2D eigenvalue weighted by Crippen LogP contribution is -2.10. The Morgan fingerprint density at radius 2 is 2.11 bits per heavy atom. The molecule has 7 heteroatoms. The highest BCUT2D eigenvalue weighted by Crippen LogP contribution is 2.34. The summed E-state index contributed by atoms with van der Waals surface area (Å²) in [4.78, 5) is 22.2. The van der Waals surface area contributed by atoms with Crippen molar-refractivity contribution in [3.05, 3.63) is 55.2 Å². The molecule has 0 spiro atoms. The first-order valence-electron chi connectivity index (χ1n) is 5.29. The second-order valence-corrected chi connectivity index (χ2v) is 5.45. The maximum absolute atomic E-state index is 12.0. The second kappa shape index (κ2) is 5.38. The summed E-state index contributed by atoms with van der Waals surface area (Å²) in [5, 5.41) is 13.4. The van der Waals surface area contributed by atoms with E-state index < -0.39 is 10.8 Å². The molecule has 0 aliphatic heterocycles. The van der Waals surface area contributed by atoms with Crippen molar-refractivity contribution < 1.29 is 9.72 Å². The Hall–Kier alpha value is -1.92. The largest absolute Gasteiger partial charge is 0.321 e. The number of rotatable bonds is 3. The third kappa shape index (κ3) is 2.91. The van der Waals surface area contributed by atoms with Crippen LogP contribution in [0.2, 0.25) is 4.34 Å². The van der Waals surface area contributed by atoms with Crippen molar-refractivity contribution in [2.75, 3.05) is 5.32 Å². The Kier molecular flexibility index (Phi) is 3.82. The molecule has 1 amide bonds. The molecule has 0 fully saturated rings. The lowest BCUT2D eigenvalue weighted by Gasteiger charge is -2.06. The minimum atomic E-state index is -0.608. The molecule has 0 saturated heterocycles. The molecule has 0 aliphatic rings. The zero-order valence-corrected chi connectivity index (χ0v) is 11.4. The van der Waals surface area contributed by atoms with Crippen LogP contribution in [0, 0.1) is 17.0 Å². The smallest absolute Gasteiger partial charge is 0.299 e. The van der Waals surface area contributed by atoms with Crippen LogP contribution in [-0.2, 0) is 0 Å². The molecule has 98 valence electrons. The Morgan fingerprint density at radius 1 is 1.42 bits per heavy atom. The Morgan fingerprint density at radius 3 is 2.68 bits per heavy atom. The Bertz CT molecular complexity index is 654. The summed E-state index contributed by atoms with van der Waals surface area (Å²) in [5.41, 5.74) is 1.33. The van der Waals surface area contributed by atoms with Crippen LogP contribution in [0.4, 0.5) is 11.4 Å². The van der Waals surface area contributed by atoms with Gasteiger partial charge in [-0.15, -0.1) is 11.3 Å². The van der Waals surface area contributed by atoms with E-state index in [0.717, 1.165) is 16.9 Å². The van der Waals surface area contributed by atoms with Crippen LogP contribution >= 0.6 is 22.9 Å². The predicted molar refractivity (Wildman–Crippen MR) is 75.1 cm³/mol. The summed E-state index contributed by atoms with van der Waals surface area (Å²) in [7, 11) is 0. The van der Waals surface area contributed by atoms with Gasteiger partial charge in [-0.3, -0.25) is 14.9 Å². The first-order chi connectivity index (χ1) is 8.99. The van der Waals surface area contributed by atoms with Gasteiger partial charge in [-0.25, -0.2) is 0 Å². The molecule has 0 saturated carbocycles. The van der Waals surface area contributed by atoms with Gasteiger partial charge >= 0.3 is 0 Å². The van der Waals surface area contributed by atoms with Gasteiger partial charge in [0.15, 0.2) is 4.34 Å². The van der Waals surface area contributed by atoms with Gasteiger partial charge in [0.25, 0.3) is 11.6 Å². The van der Waals surface area contributed by atoms with Gasteiger partial charge in [-0.1, -0.05) is 29.8 Å². The number of nitrogens with zero attached hydrogens (tertiary/aromatic N) is 1. The maximum atomic E-state index is 12.0. The van der Waals surface area contributed by atoms with Gasteiger partial charge in [0.2, 0.25) is 0 Å². The zero-order chi connectivity index (χ0) is 14.0. The van der Waals surface area contributed by atoms with Crippen LogP contribution in [0.3, 0.4) is 0 Å². The molecule has 0 atom stereocenters. The van der Waals surface area contributed by atoms with Gasteiger partial charge in [0, 0.05) is 11.8 Å². The summed E-state index contributed by atoms with van der Waals surface area (Å²) in [6.45, 7) is 1.86. The lowest BCUT2D eigenvalue weighted by atomic mass is 10.2. The number of thiophene rings is 1. The van der Waals surface area contributed by atoms with E-state index in [1.54, 1.807) is 12.1 Å². The molecule has 0 unspecified atom stereocenters. The topological polar surface area (TPSA) is 72.2 Å². The molecule has 1 aromatic heterocycles. The van der Waals surface area contributed by atoms with E-state index in [4.69, 9.17) is 11.6 Å². The molecule has 0 radical (unpaired) electrons. The highest BCUT2D eigenvalue weighted by molar-refractivity contribution is 7.18. The molecule has 0 aliphatic carbocycles. The van der Waals surface area contributed by atoms with Gasteiger partial charge < -0.3 is 5.32 Å². The first-order valence-corrected chi connectivity index (χ1v) is 6.49. The van der Waals surface area contributed by atoms with Crippen molar-refractivity contribution in [3.63, 3.8) is 0 Å². The van der Waals surface area contributed by atoms with Gasteiger partial charge in [0.05, 0.1) is 4.92 Å². The number of carbonyl (C=O) groups is 1. The molecular formula is C12H9ClN2O3S. The van der Waals surface area contributed by atoms with E-state index in [-0.39, 0.29) is 14.9 Å². The SMILES string of the molecule is Cc1ccccc1NC(=O)c1cc([N+](=O)[O-])c(Cl)s1. The van der Waals surface area contributed by atoms with Crippen LogP contribution in [0.15, 0.2) is 30.3 Å². The first kappa shape index (κ1) is 13.5. The standard InChI is InChI=1S/C12H9ClN2O3S/c1-7-4-2-3-5-8(7)14-12(16)10-6-9(15(17)18)11(13)19-10/h2-6H,1H3,(H,14,16). The number of hydrogen-bond donors (Lipinski definition) is 1. The third-order valence-electron chi connectivity index (χ3n) is 2.48. The third-order valence-corrected chi connectivity index (χ3v) is 3.82. The molecule has 19 heavy (non-hydrogen) atoms. The average Bonchev–Trinajstić information content (AvgIpc) is 2.74. The fraction of sp³-hybridized carbons (Fsp3) is 0.0833. The van der Waals surface area contributed by atoms with Gasteiger partial charge in [-0.2, -0.15) is 0 Å². The van der Waals surface area contributed by atoms with E-state index in [1.165, 1.54) is 6.07 Å². The predicted octanol–water partition coefficient (Wildman–Crippen LogP) is 3.87. The highest BCUT2D eigenvalue weighted by atomic mass is 35.5. The van der Waals surface area contributed by atoms with Crippen LogP contribution in [-0.4, -0.2) is 10.8 Å². The van der Waals surface area contributed by atoms with Crippen molar-refractivity contribution in [1.29, 1.82) is 0 Å². The number of carbonyl (C=O) groups excluding carboxylic acids is 1. The number of aryl methyl sites for hydroxylation is 1. The fourth-order valence-electron chi connectivity index (χ4n) is 1.49. The second-order valence-electron chi connectivity index (χ2n) is 3.80. The van der Waals surface area contributed by atoms with Crippen molar-refractivity contribution in [2.24, 2.45) is 0 Å². The van der Waals surface area contributed by atoms with E-state index in [1.807, 2.05) is 19.1 Å². The number of nitrogens with one attached hydrogen (secondary N) is 1. The number of nitro groups is 1. The molecule has 1 N–H and O–H groups in total. The van der Waals surface area contributed by atoms with E-state index in [0.29, 0.717) is 5.69 Å². The Labute approximate surface area is 118 Å². The molecule has 2 rings (SSSR count). The molecule has 0 bridgehead atoms. The van der Waals surface area contributed by atoms with E-state index >= 15 is 0 Å². The average molecular weight is 297 g/mol. The number of benzene rings is 1. The Balaban J connectivity index is 2.24. The number of halogens is 1. The molecule has 2 aromatic rings. The molecule has 5 nitrogen and oxygen atoms in total. The number of anilines is 1. The molecular weight excluding hydrogens is 288 g/mol. The summed E-state index contributed by atoms with van der Waals surface area (Å²) in [5.74, 6) is -0.408. The van der Waals surface area contributed by atoms with Crippen molar-refractivity contribution in [3.8, 4) is 0 Å². The molecule has 1 heterocycles. The quantitative estimate of drug-likeness (QED) is 0.690. The highest BCUT2D eigenvalue weighted by Gasteiger charge is 2.21.